The Bertz CT molecular complexity index is 704. The van der Waals surface area contributed by atoms with E-state index >= 15 is 0 Å². The van der Waals surface area contributed by atoms with Gasteiger partial charge in [0, 0.05) is 28.7 Å². The van der Waals surface area contributed by atoms with Gasteiger partial charge in [-0.05, 0) is 26.0 Å². The molecule has 0 aliphatic carbocycles. The second kappa shape index (κ2) is 5.07. The number of rotatable bonds is 3. The van der Waals surface area contributed by atoms with Crippen LogP contribution in [0.25, 0.3) is 10.9 Å². The van der Waals surface area contributed by atoms with E-state index in [-0.39, 0.29) is 10.9 Å². The number of alkyl halides is 3. The number of carbonyl (C=O) groups is 1. The molecule has 0 aliphatic heterocycles. The molecule has 0 aliphatic rings. The fourth-order valence-corrected chi connectivity index (χ4v) is 2.70. The lowest BCUT2D eigenvalue weighted by molar-refractivity contribution is -0.139. The average molecular weight is 300 g/mol. The smallest absolute Gasteiger partial charge is 0.417 e. The highest BCUT2D eigenvalue weighted by Gasteiger charge is 2.36. The second-order valence-corrected chi connectivity index (χ2v) is 4.76. The Morgan fingerprint density at radius 2 is 2.05 bits per heavy atom. The number of carboxylic acids is 1. The number of benzene rings is 1. The molecule has 2 rings (SSSR count). The standard InChI is InChI=1S/C14H15F3N2O2/c1-3-19-7(2)10(12(18)13(20)21)11-8(14(15,16)17)5-4-6-9(11)19/h4-6,12H,3,18H2,1-2H3,(H,20,21). The Hall–Kier alpha value is -2.02. The van der Waals surface area contributed by atoms with Gasteiger partial charge in [0.2, 0.25) is 0 Å². The molecule has 1 aromatic carbocycles. The van der Waals surface area contributed by atoms with Crippen LogP contribution < -0.4 is 5.73 Å². The largest absolute Gasteiger partial charge is 0.480 e. The van der Waals surface area contributed by atoms with E-state index in [0.29, 0.717) is 17.8 Å². The molecule has 3 N–H and O–H groups in total. The Morgan fingerprint density at radius 1 is 1.43 bits per heavy atom. The van der Waals surface area contributed by atoms with Gasteiger partial charge < -0.3 is 15.4 Å². The van der Waals surface area contributed by atoms with Crippen molar-refractivity contribution in [2.45, 2.75) is 32.6 Å². The van der Waals surface area contributed by atoms with E-state index in [1.165, 1.54) is 6.07 Å². The molecular weight excluding hydrogens is 285 g/mol. The third-order valence-electron chi connectivity index (χ3n) is 3.60. The summed E-state index contributed by atoms with van der Waals surface area (Å²) in [7, 11) is 0. The molecule has 2 aromatic rings. The number of aromatic nitrogens is 1. The zero-order valence-corrected chi connectivity index (χ0v) is 11.5. The molecule has 0 radical (unpaired) electrons. The number of aliphatic carboxylic acids is 1. The lowest BCUT2D eigenvalue weighted by Crippen LogP contribution is -2.22. The number of nitrogens with two attached hydrogens (primary N) is 1. The summed E-state index contributed by atoms with van der Waals surface area (Å²) < 4.78 is 41.3. The maximum absolute atomic E-state index is 13.2. The van der Waals surface area contributed by atoms with Crippen molar-refractivity contribution in [1.82, 2.24) is 4.57 Å². The highest BCUT2D eigenvalue weighted by molar-refractivity contribution is 5.93. The van der Waals surface area contributed by atoms with Crippen molar-refractivity contribution in [3.8, 4) is 0 Å². The fourth-order valence-electron chi connectivity index (χ4n) is 2.70. The third kappa shape index (κ3) is 2.37. The van der Waals surface area contributed by atoms with Gasteiger partial charge in [-0.25, -0.2) is 0 Å². The predicted molar refractivity (Wildman–Crippen MR) is 71.9 cm³/mol. The van der Waals surface area contributed by atoms with Crippen LogP contribution in [0.1, 0.15) is 29.8 Å². The van der Waals surface area contributed by atoms with Crippen molar-refractivity contribution in [1.29, 1.82) is 0 Å². The first-order valence-electron chi connectivity index (χ1n) is 6.37. The van der Waals surface area contributed by atoms with Crippen molar-refractivity contribution < 1.29 is 23.1 Å². The highest BCUT2D eigenvalue weighted by Crippen LogP contribution is 2.40. The molecule has 114 valence electrons. The first-order valence-corrected chi connectivity index (χ1v) is 6.37. The number of hydrogen-bond donors (Lipinski definition) is 2. The third-order valence-corrected chi connectivity index (χ3v) is 3.60. The predicted octanol–water partition coefficient (Wildman–Crippen LogP) is 3.07. The first-order chi connectivity index (χ1) is 9.70. The number of nitrogens with zero attached hydrogens (tertiary/aromatic N) is 1. The molecule has 0 amide bonds. The first kappa shape index (κ1) is 15.4. The molecule has 0 saturated heterocycles. The zero-order valence-electron chi connectivity index (χ0n) is 11.5. The summed E-state index contributed by atoms with van der Waals surface area (Å²) in [5.74, 6) is -1.36. The van der Waals surface area contributed by atoms with Gasteiger partial charge in [0.15, 0.2) is 0 Å². The summed E-state index contributed by atoms with van der Waals surface area (Å²) in [5.41, 5.74) is 5.55. The Balaban J connectivity index is 2.95. The Morgan fingerprint density at radius 3 is 2.52 bits per heavy atom. The van der Waals surface area contributed by atoms with Crippen molar-refractivity contribution in [3.05, 3.63) is 35.0 Å². The van der Waals surface area contributed by atoms with Crippen molar-refractivity contribution >= 4 is 16.9 Å². The Kier molecular flexibility index (Phi) is 3.71. The maximum atomic E-state index is 13.2. The van der Waals surface area contributed by atoms with E-state index < -0.39 is 23.8 Å². The van der Waals surface area contributed by atoms with Crippen molar-refractivity contribution in [2.75, 3.05) is 0 Å². The molecule has 1 aromatic heterocycles. The molecular formula is C14H15F3N2O2. The summed E-state index contributed by atoms with van der Waals surface area (Å²) >= 11 is 0. The van der Waals surface area contributed by atoms with Gasteiger partial charge >= 0.3 is 12.1 Å². The number of hydrogen-bond acceptors (Lipinski definition) is 2. The summed E-state index contributed by atoms with van der Waals surface area (Å²) in [6.07, 6.45) is -4.57. The normalized spacial score (nSPS) is 13.6. The molecule has 7 heteroatoms. The van der Waals surface area contributed by atoms with Gasteiger partial charge in [-0.3, -0.25) is 4.79 Å². The minimum atomic E-state index is -4.57. The fraction of sp³-hybridized carbons (Fsp3) is 0.357. The van der Waals surface area contributed by atoms with Crippen LogP contribution in [0.3, 0.4) is 0 Å². The van der Waals surface area contributed by atoms with Crippen molar-refractivity contribution in [2.24, 2.45) is 5.73 Å². The number of halogens is 3. The molecule has 0 saturated carbocycles. The summed E-state index contributed by atoms with van der Waals surface area (Å²) in [4.78, 5) is 11.1. The topological polar surface area (TPSA) is 68.2 Å². The zero-order chi connectivity index (χ0) is 15.9. The van der Waals surface area contributed by atoms with E-state index in [1.807, 2.05) is 0 Å². The van der Waals surface area contributed by atoms with Crippen LogP contribution in [0.4, 0.5) is 13.2 Å². The number of carboxylic acid groups (broad SMARTS) is 1. The van der Waals surface area contributed by atoms with Gasteiger partial charge in [-0.15, -0.1) is 0 Å². The van der Waals surface area contributed by atoms with Gasteiger partial charge in [0.1, 0.15) is 6.04 Å². The van der Waals surface area contributed by atoms with Crippen LogP contribution in [0.2, 0.25) is 0 Å². The molecule has 4 nitrogen and oxygen atoms in total. The quantitative estimate of drug-likeness (QED) is 0.915. The molecule has 1 heterocycles. The highest BCUT2D eigenvalue weighted by atomic mass is 19.4. The van der Waals surface area contributed by atoms with Crippen LogP contribution in [-0.4, -0.2) is 15.6 Å². The van der Waals surface area contributed by atoms with Gasteiger partial charge in [-0.1, -0.05) is 6.07 Å². The summed E-state index contributed by atoms with van der Waals surface area (Å²) in [6.45, 7) is 3.79. The minimum absolute atomic E-state index is 0.0206. The lowest BCUT2D eigenvalue weighted by atomic mass is 9.99. The molecule has 0 bridgehead atoms. The summed E-state index contributed by atoms with van der Waals surface area (Å²) in [5, 5.41) is 8.95. The monoisotopic (exact) mass is 300 g/mol. The maximum Gasteiger partial charge on any atom is 0.417 e. The molecule has 0 fully saturated rings. The van der Waals surface area contributed by atoms with E-state index in [4.69, 9.17) is 10.8 Å². The van der Waals surface area contributed by atoms with E-state index in [2.05, 4.69) is 0 Å². The Labute approximate surface area is 119 Å². The minimum Gasteiger partial charge on any atom is -0.480 e. The van der Waals surface area contributed by atoms with Crippen LogP contribution >= 0.6 is 0 Å². The van der Waals surface area contributed by atoms with E-state index in [1.54, 1.807) is 24.5 Å². The average Bonchev–Trinajstić information content (AvgIpc) is 2.67. The van der Waals surface area contributed by atoms with Crippen LogP contribution in [0, 0.1) is 6.92 Å². The second-order valence-electron chi connectivity index (χ2n) is 4.76. The number of aryl methyl sites for hydroxylation is 1. The SMILES string of the molecule is CCn1c(C)c(C(N)C(=O)O)c2c(C(F)(F)F)cccc21. The molecule has 1 atom stereocenters. The van der Waals surface area contributed by atoms with Gasteiger partial charge in [-0.2, -0.15) is 13.2 Å². The van der Waals surface area contributed by atoms with Crippen LogP contribution in [0.15, 0.2) is 18.2 Å². The van der Waals surface area contributed by atoms with Gasteiger partial charge in [0.25, 0.3) is 0 Å². The lowest BCUT2D eigenvalue weighted by Gasteiger charge is -2.12. The summed E-state index contributed by atoms with van der Waals surface area (Å²) in [6, 6.07) is 2.30. The van der Waals surface area contributed by atoms with E-state index in [9.17, 15) is 18.0 Å². The van der Waals surface area contributed by atoms with Gasteiger partial charge in [0.05, 0.1) is 5.56 Å². The molecule has 1 unspecified atom stereocenters. The molecule has 21 heavy (non-hydrogen) atoms. The van der Waals surface area contributed by atoms with Crippen LogP contribution in [0.5, 0.6) is 0 Å². The van der Waals surface area contributed by atoms with Crippen LogP contribution in [-0.2, 0) is 17.5 Å². The number of fused-ring (bicyclic) bond motifs is 1. The van der Waals surface area contributed by atoms with E-state index in [0.717, 1.165) is 6.07 Å². The van der Waals surface area contributed by atoms with Crippen molar-refractivity contribution in [3.63, 3.8) is 0 Å². The molecule has 0 spiro atoms.